The lowest BCUT2D eigenvalue weighted by molar-refractivity contribution is -0.146. The molecule has 5 saturated carbocycles. The average Bonchev–Trinajstić information content (AvgIpc) is 3.22. The van der Waals surface area contributed by atoms with Gasteiger partial charge in [0.1, 0.15) is 5.69 Å². The summed E-state index contributed by atoms with van der Waals surface area (Å²) in [5.41, 5.74) is 6.64. The first kappa shape index (κ1) is 14.5. The molecule has 0 saturated heterocycles. The predicted octanol–water partition coefficient (Wildman–Crippen LogP) is 1.84. The molecule has 0 radical (unpaired) electrons. The number of carbonyl (C=O) groups excluding carboxylic acids is 2. The van der Waals surface area contributed by atoms with Gasteiger partial charge in [-0.15, -0.1) is 0 Å². The number of H-pyrrole nitrogens is 1. The highest BCUT2D eigenvalue weighted by atomic mass is 16.2. The number of primary amides is 1. The fraction of sp³-hybridized carbons (Fsp3) is 0.722. The third kappa shape index (κ3) is 2.11. The van der Waals surface area contributed by atoms with Crippen LogP contribution in [0.3, 0.4) is 0 Å². The fourth-order valence-corrected chi connectivity index (χ4v) is 6.06. The maximum absolute atomic E-state index is 12.8. The minimum atomic E-state index is -0.401. The molecule has 2 amide bonds. The zero-order chi connectivity index (χ0) is 16.5. The van der Waals surface area contributed by atoms with Gasteiger partial charge in [-0.2, -0.15) is 5.10 Å². The van der Waals surface area contributed by atoms with Crippen LogP contribution in [0.25, 0.3) is 0 Å². The molecule has 2 atom stereocenters. The van der Waals surface area contributed by atoms with Crippen LogP contribution in [0.5, 0.6) is 0 Å². The molecule has 2 unspecified atom stereocenters. The third-order valence-corrected chi connectivity index (χ3v) is 6.81. The van der Waals surface area contributed by atoms with Crippen molar-refractivity contribution in [1.29, 1.82) is 0 Å². The van der Waals surface area contributed by atoms with Gasteiger partial charge in [-0.1, -0.05) is 0 Å². The van der Waals surface area contributed by atoms with Gasteiger partial charge in [0.2, 0.25) is 5.91 Å². The van der Waals surface area contributed by atoms with Crippen molar-refractivity contribution in [3.05, 3.63) is 17.5 Å². The molecule has 24 heavy (non-hydrogen) atoms. The zero-order valence-electron chi connectivity index (χ0n) is 13.8. The van der Waals surface area contributed by atoms with E-state index in [1.807, 2.05) is 6.07 Å². The van der Waals surface area contributed by atoms with Gasteiger partial charge in [0, 0.05) is 17.2 Å². The monoisotopic (exact) mass is 328 g/mol. The van der Waals surface area contributed by atoms with E-state index in [0.717, 1.165) is 31.4 Å². The van der Waals surface area contributed by atoms with Crippen LogP contribution in [0.1, 0.15) is 73.5 Å². The first-order valence-corrected chi connectivity index (χ1v) is 9.15. The molecule has 4 bridgehead atoms. The van der Waals surface area contributed by atoms with E-state index in [4.69, 9.17) is 5.73 Å². The molecular formula is C18H24N4O2. The number of nitrogens with two attached hydrogens (primary N) is 1. The maximum Gasteiger partial charge on any atom is 0.272 e. The van der Waals surface area contributed by atoms with Gasteiger partial charge in [-0.3, -0.25) is 14.7 Å². The highest BCUT2D eigenvalue weighted by Gasteiger charge is 2.60. The van der Waals surface area contributed by atoms with Crippen LogP contribution in [0.15, 0.2) is 6.07 Å². The zero-order valence-corrected chi connectivity index (χ0v) is 13.8. The summed E-state index contributed by atoms with van der Waals surface area (Å²) in [4.78, 5) is 24.9. The molecule has 6 nitrogen and oxygen atoms in total. The maximum atomic E-state index is 12.8. The van der Waals surface area contributed by atoms with Crippen molar-refractivity contribution in [1.82, 2.24) is 15.5 Å². The quantitative estimate of drug-likeness (QED) is 0.786. The minimum Gasteiger partial charge on any atom is -0.369 e. The molecule has 0 aliphatic heterocycles. The number of amides is 2. The van der Waals surface area contributed by atoms with Crippen molar-refractivity contribution in [2.75, 3.05) is 0 Å². The van der Waals surface area contributed by atoms with Crippen LogP contribution >= 0.6 is 0 Å². The Labute approximate surface area is 140 Å². The van der Waals surface area contributed by atoms with Gasteiger partial charge in [-0.25, -0.2) is 0 Å². The van der Waals surface area contributed by atoms with E-state index >= 15 is 0 Å². The molecule has 1 heterocycles. The summed E-state index contributed by atoms with van der Waals surface area (Å²) in [6, 6.07) is 1.89. The lowest BCUT2D eigenvalue weighted by Gasteiger charge is -2.61. The van der Waals surface area contributed by atoms with Crippen molar-refractivity contribution >= 4 is 11.8 Å². The Balaban J connectivity index is 1.39. The van der Waals surface area contributed by atoms with Crippen LogP contribution in [0, 0.1) is 17.3 Å². The summed E-state index contributed by atoms with van der Waals surface area (Å²) in [6.07, 6.45) is 8.01. The van der Waals surface area contributed by atoms with E-state index in [1.54, 1.807) is 0 Å². The number of aromatic nitrogens is 2. The summed E-state index contributed by atoms with van der Waals surface area (Å²) < 4.78 is 0. The Bertz CT molecular complexity index is 706. The molecule has 6 heteroatoms. The molecule has 5 aliphatic rings. The van der Waals surface area contributed by atoms with Crippen LogP contribution in [-0.4, -0.2) is 27.6 Å². The van der Waals surface area contributed by atoms with Gasteiger partial charge in [0.25, 0.3) is 5.91 Å². The lowest BCUT2D eigenvalue weighted by Crippen LogP contribution is -2.65. The summed E-state index contributed by atoms with van der Waals surface area (Å²) >= 11 is 0. The third-order valence-electron chi connectivity index (χ3n) is 6.81. The topological polar surface area (TPSA) is 101 Å². The summed E-state index contributed by atoms with van der Waals surface area (Å²) in [6.45, 7) is 0. The second-order valence-electron chi connectivity index (χ2n) is 8.82. The van der Waals surface area contributed by atoms with E-state index in [1.165, 1.54) is 19.3 Å². The van der Waals surface area contributed by atoms with Gasteiger partial charge in [0.15, 0.2) is 0 Å². The van der Waals surface area contributed by atoms with Crippen molar-refractivity contribution in [3.8, 4) is 0 Å². The number of nitrogens with one attached hydrogen (secondary N) is 2. The lowest BCUT2D eigenvalue weighted by atomic mass is 9.46. The highest BCUT2D eigenvalue weighted by Crippen LogP contribution is 2.61. The molecule has 1 aromatic rings. The van der Waals surface area contributed by atoms with Crippen molar-refractivity contribution in [3.63, 3.8) is 0 Å². The number of aromatic amines is 1. The molecule has 6 rings (SSSR count). The average molecular weight is 328 g/mol. The van der Waals surface area contributed by atoms with Crippen LogP contribution in [0.4, 0.5) is 0 Å². The van der Waals surface area contributed by atoms with E-state index in [-0.39, 0.29) is 17.4 Å². The first-order chi connectivity index (χ1) is 11.5. The van der Waals surface area contributed by atoms with Gasteiger partial charge >= 0.3 is 0 Å². The van der Waals surface area contributed by atoms with Crippen LogP contribution in [0.2, 0.25) is 0 Å². The first-order valence-electron chi connectivity index (χ1n) is 9.15. The normalized spacial score (nSPS) is 39.8. The smallest absolute Gasteiger partial charge is 0.272 e. The second kappa shape index (κ2) is 4.61. The Morgan fingerprint density at radius 1 is 1.21 bits per heavy atom. The Morgan fingerprint density at radius 3 is 2.54 bits per heavy atom. The predicted molar refractivity (Wildman–Crippen MR) is 87.1 cm³/mol. The largest absolute Gasteiger partial charge is 0.369 e. The number of carbonyl (C=O) groups is 2. The van der Waals surface area contributed by atoms with Gasteiger partial charge < -0.3 is 11.1 Å². The molecular weight excluding hydrogens is 304 g/mol. The number of hydrogen-bond donors (Lipinski definition) is 3. The second-order valence-corrected chi connectivity index (χ2v) is 8.82. The van der Waals surface area contributed by atoms with Crippen molar-refractivity contribution < 1.29 is 9.59 Å². The Kier molecular flexibility index (Phi) is 2.78. The van der Waals surface area contributed by atoms with E-state index in [9.17, 15) is 9.59 Å². The van der Waals surface area contributed by atoms with Gasteiger partial charge in [0.05, 0.1) is 5.41 Å². The summed E-state index contributed by atoms with van der Waals surface area (Å²) in [7, 11) is 0. The highest BCUT2D eigenvalue weighted by molar-refractivity contribution is 5.93. The molecule has 0 aromatic carbocycles. The van der Waals surface area contributed by atoms with E-state index < -0.39 is 5.41 Å². The number of rotatable bonds is 4. The molecule has 0 spiro atoms. The van der Waals surface area contributed by atoms with Crippen molar-refractivity contribution in [2.24, 2.45) is 23.0 Å². The van der Waals surface area contributed by atoms with E-state index in [2.05, 4.69) is 15.5 Å². The Hall–Kier alpha value is -1.85. The molecule has 5 fully saturated rings. The SMILES string of the molecule is NC(=O)C12CC3CC(CC(NC(=O)c4cc(C5CC5)[nH]n4)(C3)C1)C2. The minimum absolute atomic E-state index is 0.111. The molecule has 1 aromatic heterocycles. The molecule has 5 aliphatic carbocycles. The Morgan fingerprint density at radius 2 is 1.92 bits per heavy atom. The summed E-state index contributed by atoms with van der Waals surface area (Å²) in [5.74, 6) is 1.29. The summed E-state index contributed by atoms with van der Waals surface area (Å²) in [5, 5.41) is 10.5. The van der Waals surface area contributed by atoms with E-state index in [0.29, 0.717) is 29.9 Å². The molecule has 4 N–H and O–H groups in total. The fourth-order valence-electron chi connectivity index (χ4n) is 6.06. The number of nitrogens with zero attached hydrogens (tertiary/aromatic N) is 1. The van der Waals surface area contributed by atoms with Crippen LogP contribution < -0.4 is 11.1 Å². The number of hydrogen-bond acceptors (Lipinski definition) is 3. The molecule has 128 valence electrons. The van der Waals surface area contributed by atoms with Crippen LogP contribution in [-0.2, 0) is 4.79 Å². The van der Waals surface area contributed by atoms with Gasteiger partial charge in [-0.05, 0) is 69.3 Å². The standard InChI is InChI=1S/C18H24N4O2/c19-16(24)17-5-10-3-11(6-17)8-18(7-10,9-17)20-15(23)14-4-13(21-22-14)12-1-2-12/h4,10-12H,1-3,5-9H2,(H2,19,24)(H,20,23)(H,21,22). The van der Waals surface area contributed by atoms with Crippen molar-refractivity contribution in [2.45, 2.75) is 62.8 Å².